The maximum atomic E-state index is 12.8. The van der Waals surface area contributed by atoms with Gasteiger partial charge in [0.2, 0.25) is 10.0 Å². The predicted octanol–water partition coefficient (Wildman–Crippen LogP) is 2.25. The molecule has 0 unspecified atom stereocenters. The number of hydrogen-bond acceptors (Lipinski definition) is 4. The number of rotatable bonds is 7. The Kier molecular flexibility index (Phi) is 5.51. The zero-order chi connectivity index (χ0) is 15.6. The van der Waals surface area contributed by atoms with Gasteiger partial charge in [-0.15, -0.1) is 0 Å². The molecule has 5 nitrogen and oxygen atoms in total. The summed E-state index contributed by atoms with van der Waals surface area (Å²) in [4.78, 5) is 0.0528. The van der Waals surface area contributed by atoms with Gasteiger partial charge in [0.15, 0.2) is 0 Å². The Morgan fingerprint density at radius 3 is 2.57 bits per heavy atom. The number of nitrogens with zero attached hydrogens (tertiary/aromatic N) is 1. The van der Waals surface area contributed by atoms with Crippen LogP contribution < -0.4 is 5.73 Å². The summed E-state index contributed by atoms with van der Waals surface area (Å²) in [5, 5.41) is 0.476. The average Bonchev–Trinajstić information content (AvgIpc) is 3.23. The first-order valence-electron chi connectivity index (χ1n) is 6.61. The maximum absolute atomic E-state index is 12.8. The quantitative estimate of drug-likeness (QED) is 0.816. The van der Waals surface area contributed by atoms with Crippen LogP contribution in [0.2, 0.25) is 10.0 Å². The van der Waals surface area contributed by atoms with E-state index in [1.807, 2.05) is 0 Å². The van der Waals surface area contributed by atoms with E-state index < -0.39 is 10.0 Å². The normalized spacial score (nSPS) is 15.7. The zero-order valence-electron chi connectivity index (χ0n) is 11.7. The van der Waals surface area contributed by atoms with Crippen molar-refractivity contribution in [3.05, 3.63) is 27.7 Å². The summed E-state index contributed by atoms with van der Waals surface area (Å²) in [7, 11) is -2.14. The molecule has 8 heteroatoms. The number of benzene rings is 1. The Hall–Kier alpha value is -0.370. The number of nitrogens with two attached hydrogens (primary N) is 1. The highest BCUT2D eigenvalue weighted by Crippen LogP contribution is 2.36. The monoisotopic (exact) mass is 352 g/mol. The summed E-state index contributed by atoms with van der Waals surface area (Å²) in [6.07, 6.45) is 1.72. The van der Waals surface area contributed by atoms with Gasteiger partial charge in [-0.1, -0.05) is 23.2 Å². The standard InChI is InChI=1S/C13H18Cl2N2O3S/c1-20-7-6-17(9-2-3-9)21(18,19)12-5-4-11(14)10(8-16)13(12)15/h4-5,9H,2-3,6-8,16H2,1H3. The van der Waals surface area contributed by atoms with Crippen LogP contribution in [0.3, 0.4) is 0 Å². The number of ether oxygens (including phenoxy) is 1. The van der Waals surface area contributed by atoms with E-state index in [1.54, 1.807) is 7.11 Å². The fourth-order valence-electron chi connectivity index (χ4n) is 2.13. The molecule has 1 aromatic carbocycles. The van der Waals surface area contributed by atoms with Crippen molar-refractivity contribution < 1.29 is 13.2 Å². The van der Waals surface area contributed by atoms with Crippen molar-refractivity contribution in [2.75, 3.05) is 20.3 Å². The van der Waals surface area contributed by atoms with E-state index in [-0.39, 0.29) is 22.5 Å². The Bertz CT molecular complexity index is 618. The van der Waals surface area contributed by atoms with Crippen LogP contribution in [0.4, 0.5) is 0 Å². The Balaban J connectivity index is 2.42. The molecule has 118 valence electrons. The van der Waals surface area contributed by atoms with E-state index in [2.05, 4.69) is 0 Å². The molecule has 0 spiro atoms. The number of sulfonamides is 1. The number of methoxy groups -OCH3 is 1. The summed E-state index contributed by atoms with van der Waals surface area (Å²) in [5.74, 6) is 0. The number of halogens is 2. The van der Waals surface area contributed by atoms with Crippen molar-refractivity contribution in [1.29, 1.82) is 0 Å². The lowest BCUT2D eigenvalue weighted by atomic mass is 10.2. The van der Waals surface area contributed by atoms with Crippen molar-refractivity contribution in [2.24, 2.45) is 5.73 Å². The van der Waals surface area contributed by atoms with Crippen LogP contribution in [0.5, 0.6) is 0 Å². The van der Waals surface area contributed by atoms with Crippen LogP contribution in [0.1, 0.15) is 18.4 Å². The van der Waals surface area contributed by atoms with Crippen LogP contribution in [0.15, 0.2) is 17.0 Å². The van der Waals surface area contributed by atoms with Gasteiger partial charge in [0, 0.05) is 36.8 Å². The third-order valence-electron chi connectivity index (χ3n) is 3.41. The van der Waals surface area contributed by atoms with Gasteiger partial charge >= 0.3 is 0 Å². The molecule has 0 aliphatic heterocycles. The molecule has 1 fully saturated rings. The van der Waals surface area contributed by atoms with E-state index in [0.29, 0.717) is 23.7 Å². The van der Waals surface area contributed by atoms with Gasteiger partial charge in [-0.2, -0.15) is 4.31 Å². The predicted molar refractivity (Wildman–Crippen MR) is 83.1 cm³/mol. The van der Waals surface area contributed by atoms with Gasteiger partial charge < -0.3 is 10.5 Å². The third-order valence-corrected chi connectivity index (χ3v) is 6.30. The molecule has 1 aromatic rings. The number of hydrogen-bond donors (Lipinski definition) is 1. The minimum Gasteiger partial charge on any atom is -0.383 e. The lowest BCUT2D eigenvalue weighted by molar-refractivity contribution is 0.177. The van der Waals surface area contributed by atoms with Crippen molar-refractivity contribution >= 4 is 33.2 Å². The first-order chi connectivity index (χ1) is 9.93. The molecule has 0 heterocycles. The highest BCUT2D eigenvalue weighted by molar-refractivity contribution is 7.89. The summed E-state index contributed by atoms with van der Waals surface area (Å²) in [6, 6.07) is 2.98. The van der Waals surface area contributed by atoms with Crippen LogP contribution in [0, 0.1) is 0 Å². The maximum Gasteiger partial charge on any atom is 0.244 e. The lowest BCUT2D eigenvalue weighted by Crippen LogP contribution is -2.36. The summed E-state index contributed by atoms with van der Waals surface area (Å²) in [6.45, 7) is 0.730. The highest BCUT2D eigenvalue weighted by Gasteiger charge is 2.39. The molecule has 0 radical (unpaired) electrons. The molecular formula is C13H18Cl2N2O3S. The highest BCUT2D eigenvalue weighted by atomic mass is 35.5. The summed E-state index contributed by atoms with van der Waals surface area (Å²) in [5.41, 5.74) is 6.04. The van der Waals surface area contributed by atoms with Crippen LogP contribution >= 0.6 is 23.2 Å². The van der Waals surface area contributed by atoms with E-state index in [4.69, 9.17) is 33.7 Å². The minimum absolute atomic E-state index is 0.0261. The second-order valence-electron chi connectivity index (χ2n) is 4.88. The van der Waals surface area contributed by atoms with Gasteiger partial charge in [-0.05, 0) is 25.0 Å². The summed E-state index contributed by atoms with van der Waals surface area (Å²) >= 11 is 12.2. The van der Waals surface area contributed by atoms with E-state index in [9.17, 15) is 8.42 Å². The molecule has 0 atom stereocenters. The first kappa shape index (κ1) is 17.0. The smallest absolute Gasteiger partial charge is 0.244 e. The van der Waals surface area contributed by atoms with E-state index in [1.165, 1.54) is 16.4 Å². The Morgan fingerprint density at radius 1 is 1.38 bits per heavy atom. The SMILES string of the molecule is COCCN(C1CC1)S(=O)(=O)c1ccc(Cl)c(CN)c1Cl. The van der Waals surface area contributed by atoms with Crippen molar-refractivity contribution in [1.82, 2.24) is 4.31 Å². The molecular weight excluding hydrogens is 335 g/mol. The molecule has 1 aliphatic carbocycles. The fraction of sp³-hybridized carbons (Fsp3) is 0.538. The second kappa shape index (κ2) is 6.81. The van der Waals surface area contributed by atoms with Crippen LogP contribution in [0.25, 0.3) is 0 Å². The van der Waals surface area contributed by atoms with Crippen molar-refractivity contribution in [2.45, 2.75) is 30.3 Å². The molecule has 0 saturated heterocycles. The molecule has 1 aliphatic rings. The molecule has 2 rings (SSSR count). The van der Waals surface area contributed by atoms with Gasteiger partial charge in [-0.3, -0.25) is 0 Å². The Labute approximate surface area is 135 Å². The minimum atomic E-state index is -3.68. The molecule has 21 heavy (non-hydrogen) atoms. The topological polar surface area (TPSA) is 72.6 Å². The zero-order valence-corrected chi connectivity index (χ0v) is 14.0. The van der Waals surface area contributed by atoms with Gasteiger partial charge in [-0.25, -0.2) is 8.42 Å². The molecule has 2 N–H and O–H groups in total. The molecule has 1 saturated carbocycles. The molecule has 0 aromatic heterocycles. The van der Waals surface area contributed by atoms with Crippen LogP contribution in [-0.2, 0) is 21.3 Å². The lowest BCUT2D eigenvalue weighted by Gasteiger charge is -2.23. The summed E-state index contributed by atoms with van der Waals surface area (Å²) < 4.78 is 32.1. The fourth-order valence-corrected chi connectivity index (χ4v) is 4.71. The third kappa shape index (κ3) is 3.52. The van der Waals surface area contributed by atoms with Crippen molar-refractivity contribution in [3.63, 3.8) is 0 Å². The van der Waals surface area contributed by atoms with Gasteiger partial charge in [0.05, 0.1) is 11.6 Å². The van der Waals surface area contributed by atoms with Gasteiger partial charge in [0.25, 0.3) is 0 Å². The molecule has 0 amide bonds. The molecule has 0 bridgehead atoms. The van der Waals surface area contributed by atoms with E-state index >= 15 is 0 Å². The Morgan fingerprint density at radius 2 is 2.05 bits per heavy atom. The average molecular weight is 353 g/mol. The van der Waals surface area contributed by atoms with Crippen LogP contribution in [-0.4, -0.2) is 39.0 Å². The first-order valence-corrected chi connectivity index (χ1v) is 8.80. The van der Waals surface area contributed by atoms with Crippen molar-refractivity contribution in [3.8, 4) is 0 Å². The van der Waals surface area contributed by atoms with E-state index in [0.717, 1.165) is 12.8 Å². The largest absolute Gasteiger partial charge is 0.383 e. The second-order valence-corrected chi connectivity index (χ2v) is 7.53. The van der Waals surface area contributed by atoms with Gasteiger partial charge in [0.1, 0.15) is 4.90 Å².